The van der Waals surface area contributed by atoms with Crippen LogP contribution in [0.2, 0.25) is 0 Å². The Bertz CT molecular complexity index is 560. The summed E-state index contributed by atoms with van der Waals surface area (Å²) < 4.78 is 0. The van der Waals surface area contributed by atoms with E-state index in [-0.39, 0.29) is 0 Å². The molecule has 2 rings (SSSR count). The first-order valence-corrected chi connectivity index (χ1v) is 5.53. The van der Waals surface area contributed by atoms with Crippen LogP contribution in [0.25, 0.3) is 11.3 Å². The molecule has 1 aromatic carbocycles. The van der Waals surface area contributed by atoms with E-state index in [2.05, 4.69) is 15.5 Å². The van der Waals surface area contributed by atoms with Crippen LogP contribution in [0.5, 0.6) is 0 Å². The van der Waals surface area contributed by atoms with Crippen LogP contribution >= 0.6 is 0 Å². The largest absolute Gasteiger partial charge is 0.321 e. The molecule has 0 amide bonds. The van der Waals surface area contributed by atoms with E-state index in [0.29, 0.717) is 5.84 Å². The standard InChI is InChI=1S/C13H15N5/c1-9-4-6-10(7-5-9)12-11(3-2-8-16-12)13(17-14)18-15/h2-8H,14-15H2,1H3,(H,17,18). The van der Waals surface area contributed by atoms with Crippen molar-refractivity contribution >= 4 is 5.84 Å². The normalized spacial score (nSPS) is 11.3. The predicted molar refractivity (Wildman–Crippen MR) is 72.5 cm³/mol. The SMILES string of the molecule is Cc1ccc(-c2ncccc2C(=NN)NN)cc1. The van der Waals surface area contributed by atoms with Gasteiger partial charge in [0.1, 0.15) is 0 Å². The smallest absolute Gasteiger partial charge is 0.169 e. The van der Waals surface area contributed by atoms with Crippen LogP contribution in [0.3, 0.4) is 0 Å². The molecule has 0 unspecified atom stereocenters. The fourth-order valence-corrected chi connectivity index (χ4v) is 1.72. The molecule has 2 aromatic rings. The Kier molecular flexibility index (Phi) is 3.54. The fraction of sp³-hybridized carbons (Fsp3) is 0.0769. The summed E-state index contributed by atoms with van der Waals surface area (Å²) in [4.78, 5) is 4.36. The zero-order valence-corrected chi connectivity index (χ0v) is 10.1. The highest BCUT2D eigenvalue weighted by molar-refractivity contribution is 6.03. The van der Waals surface area contributed by atoms with Gasteiger partial charge >= 0.3 is 0 Å². The van der Waals surface area contributed by atoms with E-state index in [0.717, 1.165) is 16.8 Å². The van der Waals surface area contributed by atoms with Crippen LogP contribution in [0.15, 0.2) is 47.7 Å². The number of hydrogen-bond donors (Lipinski definition) is 3. The van der Waals surface area contributed by atoms with Gasteiger partial charge in [-0.15, -0.1) is 0 Å². The van der Waals surface area contributed by atoms with Crippen molar-refractivity contribution < 1.29 is 0 Å². The van der Waals surface area contributed by atoms with Gasteiger partial charge in [-0.05, 0) is 19.1 Å². The lowest BCUT2D eigenvalue weighted by atomic mass is 10.0. The lowest BCUT2D eigenvalue weighted by Gasteiger charge is -2.10. The van der Waals surface area contributed by atoms with Crippen LogP contribution < -0.4 is 17.1 Å². The van der Waals surface area contributed by atoms with Gasteiger partial charge in [0.2, 0.25) is 0 Å². The molecule has 0 atom stereocenters. The third-order valence-electron chi connectivity index (χ3n) is 2.65. The summed E-state index contributed by atoms with van der Waals surface area (Å²) in [5.74, 6) is 11.1. The topological polar surface area (TPSA) is 89.3 Å². The first kappa shape index (κ1) is 12.1. The molecule has 0 aliphatic carbocycles. The van der Waals surface area contributed by atoms with Gasteiger partial charge in [-0.3, -0.25) is 4.98 Å². The number of aryl methyl sites for hydroxylation is 1. The van der Waals surface area contributed by atoms with Gasteiger partial charge in [-0.25, -0.2) is 5.84 Å². The Morgan fingerprint density at radius 3 is 2.56 bits per heavy atom. The van der Waals surface area contributed by atoms with E-state index < -0.39 is 0 Å². The molecule has 0 saturated heterocycles. The second-order valence-corrected chi connectivity index (χ2v) is 3.89. The molecule has 18 heavy (non-hydrogen) atoms. The van der Waals surface area contributed by atoms with Gasteiger partial charge in [-0.2, -0.15) is 5.10 Å². The first-order valence-electron chi connectivity index (χ1n) is 5.53. The van der Waals surface area contributed by atoms with Crippen molar-refractivity contribution in [3.63, 3.8) is 0 Å². The van der Waals surface area contributed by atoms with Crippen molar-refractivity contribution in [1.82, 2.24) is 10.4 Å². The minimum absolute atomic E-state index is 0.402. The van der Waals surface area contributed by atoms with Gasteiger partial charge in [0, 0.05) is 17.3 Å². The molecule has 1 heterocycles. The first-order chi connectivity index (χ1) is 8.76. The average Bonchev–Trinajstić information content (AvgIpc) is 2.42. The Hall–Kier alpha value is -2.40. The molecule has 5 heteroatoms. The molecular formula is C13H15N5. The highest BCUT2D eigenvalue weighted by Crippen LogP contribution is 2.21. The molecule has 1 aromatic heterocycles. The quantitative estimate of drug-likeness (QED) is 0.318. The molecule has 0 spiro atoms. The number of nitrogens with two attached hydrogens (primary N) is 2. The van der Waals surface area contributed by atoms with Crippen molar-refractivity contribution in [1.29, 1.82) is 0 Å². The zero-order chi connectivity index (χ0) is 13.0. The number of pyridine rings is 1. The lowest BCUT2D eigenvalue weighted by Crippen LogP contribution is -2.32. The summed E-state index contributed by atoms with van der Waals surface area (Å²) in [6.07, 6.45) is 1.73. The fourth-order valence-electron chi connectivity index (χ4n) is 1.72. The van der Waals surface area contributed by atoms with E-state index >= 15 is 0 Å². The Morgan fingerprint density at radius 1 is 1.22 bits per heavy atom. The zero-order valence-electron chi connectivity index (χ0n) is 10.1. The minimum atomic E-state index is 0.402. The minimum Gasteiger partial charge on any atom is -0.321 e. The number of nitrogens with zero attached hydrogens (tertiary/aromatic N) is 2. The van der Waals surface area contributed by atoms with Crippen LogP contribution in [0, 0.1) is 6.92 Å². The maximum Gasteiger partial charge on any atom is 0.169 e. The van der Waals surface area contributed by atoms with E-state index in [1.165, 1.54) is 5.56 Å². The summed E-state index contributed by atoms with van der Waals surface area (Å²) in [5.41, 5.74) is 6.22. The van der Waals surface area contributed by atoms with E-state index in [1.807, 2.05) is 43.3 Å². The number of amidine groups is 1. The predicted octanol–water partition coefficient (Wildman–Crippen LogP) is 1.14. The highest BCUT2D eigenvalue weighted by atomic mass is 15.3. The Morgan fingerprint density at radius 2 is 1.94 bits per heavy atom. The average molecular weight is 241 g/mol. The molecule has 0 aliphatic rings. The summed E-state index contributed by atoms with van der Waals surface area (Å²) in [7, 11) is 0. The van der Waals surface area contributed by atoms with E-state index in [4.69, 9.17) is 11.7 Å². The lowest BCUT2D eigenvalue weighted by molar-refractivity contribution is 1.00. The summed E-state index contributed by atoms with van der Waals surface area (Å²) in [6.45, 7) is 2.04. The van der Waals surface area contributed by atoms with Crippen molar-refractivity contribution in [2.24, 2.45) is 16.8 Å². The maximum atomic E-state index is 5.40. The van der Waals surface area contributed by atoms with Crippen LogP contribution in [0.4, 0.5) is 0 Å². The van der Waals surface area contributed by atoms with Crippen molar-refractivity contribution in [3.05, 3.63) is 53.7 Å². The number of benzene rings is 1. The Labute approximate surface area is 106 Å². The second kappa shape index (κ2) is 5.29. The molecule has 0 saturated carbocycles. The van der Waals surface area contributed by atoms with Crippen LogP contribution in [-0.2, 0) is 0 Å². The molecule has 0 aliphatic heterocycles. The molecule has 5 nitrogen and oxygen atoms in total. The molecule has 92 valence electrons. The monoisotopic (exact) mass is 241 g/mol. The number of nitrogens with one attached hydrogen (secondary N) is 1. The van der Waals surface area contributed by atoms with Gasteiger partial charge in [-0.1, -0.05) is 29.8 Å². The van der Waals surface area contributed by atoms with Gasteiger partial charge in [0.05, 0.1) is 5.69 Å². The Balaban J connectivity index is 2.54. The summed E-state index contributed by atoms with van der Waals surface area (Å²) in [5, 5.41) is 3.62. The number of rotatable bonds is 2. The maximum absolute atomic E-state index is 5.40. The molecule has 5 N–H and O–H groups in total. The molecular weight excluding hydrogens is 226 g/mol. The molecule has 0 radical (unpaired) electrons. The third kappa shape index (κ3) is 2.31. The third-order valence-corrected chi connectivity index (χ3v) is 2.65. The van der Waals surface area contributed by atoms with E-state index in [9.17, 15) is 0 Å². The summed E-state index contributed by atoms with van der Waals surface area (Å²) >= 11 is 0. The van der Waals surface area contributed by atoms with Gasteiger partial charge in [0.15, 0.2) is 5.84 Å². The molecule has 0 fully saturated rings. The number of hydrazine groups is 1. The van der Waals surface area contributed by atoms with Gasteiger partial charge < -0.3 is 11.3 Å². The second-order valence-electron chi connectivity index (χ2n) is 3.89. The van der Waals surface area contributed by atoms with Gasteiger partial charge in [0.25, 0.3) is 0 Å². The van der Waals surface area contributed by atoms with Crippen molar-refractivity contribution in [3.8, 4) is 11.3 Å². The number of hydrogen-bond acceptors (Lipinski definition) is 4. The van der Waals surface area contributed by atoms with Crippen LogP contribution in [0.1, 0.15) is 11.1 Å². The number of aromatic nitrogens is 1. The van der Waals surface area contributed by atoms with Crippen molar-refractivity contribution in [2.45, 2.75) is 6.92 Å². The summed E-state index contributed by atoms with van der Waals surface area (Å²) in [6, 6.07) is 11.8. The molecule has 0 bridgehead atoms. The number of hydrazone groups is 1. The van der Waals surface area contributed by atoms with Crippen molar-refractivity contribution in [2.75, 3.05) is 0 Å². The highest BCUT2D eigenvalue weighted by Gasteiger charge is 2.10. The van der Waals surface area contributed by atoms with E-state index in [1.54, 1.807) is 6.20 Å². The van der Waals surface area contributed by atoms with Crippen LogP contribution in [-0.4, -0.2) is 10.8 Å².